The Balaban J connectivity index is 1.13. The summed E-state index contributed by atoms with van der Waals surface area (Å²) in [6, 6.07) is 52.2. The van der Waals surface area contributed by atoms with Crippen molar-refractivity contribution in [3.63, 3.8) is 0 Å². The Bertz CT molecular complexity index is 3100. The van der Waals surface area contributed by atoms with Crippen LogP contribution in [0.2, 0.25) is 0 Å². The highest BCUT2D eigenvalue weighted by molar-refractivity contribution is 6.15. The standard InChI is InChI=1S/C49H31N3O2/c1-2-12-31(13-3-1)36-19-9-20-38-45-40(22-11-25-43(45)54-46(36)38)49-51-47(33-28-26-32(27-29-33)35-18-8-15-30-14-4-5-16-34(30)35)50-48(52-49)39-21-10-24-42-44(39)37-17-6-7-23-41(37)53-42/h1-4,6-15,17-29H,5,16H2. The lowest BCUT2D eigenvalue weighted by molar-refractivity contribution is 0.669. The molecule has 0 N–H and O–H groups in total. The fraction of sp³-hybridized carbons (Fsp3) is 0.0408. The van der Waals surface area contributed by atoms with E-state index in [2.05, 4.69) is 115 Å². The van der Waals surface area contributed by atoms with Gasteiger partial charge in [-0.2, -0.15) is 0 Å². The number of para-hydroxylation sites is 2. The summed E-state index contributed by atoms with van der Waals surface area (Å²) in [5.41, 5.74) is 13.2. The van der Waals surface area contributed by atoms with Crippen LogP contribution < -0.4 is 0 Å². The number of benzene rings is 7. The van der Waals surface area contributed by atoms with Gasteiger partial charge in [-0.15, -0.1) is 0 Å². The first-order chi connectivity index (χ1) is 26.8. The summed E-state index contributed by atoms with van der Waals surface area (Å²) < 4.78 is 12.9. The van der Waals surface area contributed by atoms with E-state index >= 15 is 0 Å². The maximum Gasteiger partial charge on any atom is 0.164 e. The molecule has 0 amide bonds. The van der Waals surface area contributed by atoms with E-state index in [0.29, 0.717) is 17.5 Å². The average molecular weight is 694 g/mol. The minimum absolute atomic E-state index is 0.575. The molecule has 7 aromatic carbocycles. The predicted octanol–water partition coefficient (Wildman–Crippen LogP) is 13.0. The van der Waals surface area contributed by atoms with E-state index in [9.17, 15) is 0 Å². The van der Waals surface area contributed by atoms with Crippen LogP contribution in [0.1, 0.15) is 17.5 Å². The van der Waals surface area contributed by atoms with Crippen molar-refractivity contribution in [3.05, 3.63) is 169 Å². The Morgan fingerprint density at radius 2 is 0.981 bits per heavy atom. The van der Waals surface area contributed by atoms with Crippen LogP contribution in [-0.4, -0.2) is 15.0 Å². The number of allylic oxidation sites excluding steroid dienone is 1. The molecule has 5 heteroatoms. The predicted molar refractivity (Wildman–Crippen MR) is 219 cm³/mol. The van der Waals surface area contributed by atoms with Gasteiger partial charge in [0.2, 0.25) is 0 Å². The molecule has 0 saturated heterocycles. The van der Waals surface area contributed by atoms with E-state index in [0.717, 1.165) is 84.5 Å². The first kappa shape index (κ1) is 30.5. The van der Waals surface area contributed by atoms with E-state index in [1.54, 1.807) is 0 Å². The summed E-state index contributed by atoms with van der Waals surface area (Å²) in [4.78, 5) is 15.7. The maximum atomic E-state index is 6.63. The Morgan fingerprint density at radius 1 is 0.407 bits per heavy atom. The van der Waals surface area contributed by atoms with Gasteiger partial charge in [0.15, 0.2) is 17.5 Å². The van der Waals surface area contributed by atoms with Gasteiger partial charge in [-0.3, -0.25) is 0 Å². The molecule has 254 valence electrons. The van der Waals surface area contributed by atoms with E-state index < -0.39 is 0 Å². The number of aromatic nitrogens is 3. The lowest BCUT2D eigenvalue weighted by Crippen LogP contribution is -2.01. The normalized spacial score (nSPS) is 12.6. The second-order valence-electron chi connectivity index (χ2n) is 13.8. The largest absolute Gasteiger partial charge is 0.456 e. The van der Waals surface area contributed by atoms with Crippen molar-refractivity contribution < 1.29 is 8.83 Å². The van der Waals surface area contributed by atoms with E-state index in [-0.39, 0.29) is 0 Å². The fourth-order valence-electron chi connectivity index (χ4n) is 8.13. The van der Waals surface area contributed by atoms with Gasteiger partial charge in [-0.1, -0.05) is 146 Å². The zero-order chi connectivity index (χ0) is 35.6. The van der Waals surface area contributed by atoms with Crippen molar-refractivity contribution in [2.75, 3.05) is 0 Å². The molecule has 0 spiro atoms. The lowest BCUT2D eigenvalue weighted by Gasteiger charge is -2.16. The maximum absolute atomic E-state index is 6.63. The molecule has 10 aromatic rings. The van der Waals surface area contributed by atoms with E-state index in [1.807, 2.05) is 48.5 Å². The highest BCUT2D eigenvalue weighted by Crippen LogP contribution is 2.42. The Labute approximate surface area is 310 Å². The molecule has 3 heterocycles. The molecular weight excluding hydrogens is 663 g/mol. The quantitative estimate of drug-likeness (QED) is 0.179. The van der Waals surface area contributed by atoms with Crippen LogP contribution in [0.4, 0.5) is 0 Å². The number of fused-ring (bicyclic) bond motifs is 7. The van der Waals surface area contributed by atoms with Crippen LogP contribution in [0.15, 0.2) is 167 Å². The van der Waals surface area contributed by atoms with Crippen LogP contribution in [0.25, 0.3) is 106 Å². The number of nitrogens with zero attached hydrogens (tertiary/aromatic N) is 3. The molecule has 0 bridgehead atoms. The topological polar surface area (TPSA) is 65.0 Å². The van der Waals surface area contributed by atoms with Crippen LogP contribution in [0, 0.1) is 0 Å². The van der Waals surface area contributed by atoms with Gasteiger partial charge in [-0.25, -0.2) is 15.0 Å². The van der Waals surface area contributed by atoms with Crippen molar-refractivity contribution in [2.24, 2.45) is 0 Å². The van der Waals surface area contributed by atoms with Gasteiger partial charge in [0.25, 0.3) is 0 Å². The Morgan fingerprint density at radius 3 is 1.80 bits per heavy atom. The number of furan rings is 2. The second kappa shape index (κ2) is 12.2. The Kier molecular flexibility index (Phi) is 6.92. The lowest BCUT2D eigenvalue weighted by atomic mass is 9.89. The zero-order valence-electron chi connectivity index (χ0n) is 29.2. The first-order valence-corrected chi connectivity index (χ1v) is 18.3. The van der Waals surface area contributed by atoms with Crippen molar-refractivity contribution in [1.82, 2.24) is 15.0 Å². The second-order valence-corrected chi connectivity index (χ2v) is 13.8. The monoisotopic (exact) mass is 693 g/mol. The summed E-state index contributed by atoms with van der Waals surface area (Å²) in [6.07, 6.45) is 6.59. The molecule has 54 heavy (non-hydrogen) atoms. The van der Waals surface area contributed by atoms with Crippen molar-refractivity contribution in [1.29, 1.82) is 0 Å². The molecular formula is C49H31N3O2. The van der Waals surface area contributed by atoms with Crippen LogP contribution in [0.3, 0.4) is 0 Å². The third-order valence-electron chi connectivity index (χ3n) is 10.7. The van der Waals surface area contributed by atoms with Crippen molar-refractivity contribution >= 4 is 50.0 Å². The van der Waals surface area contributed by atoms with Crippen LogP contribution in [0.5, 0.6) is 0 Å². The molecule has 0 radical (unpaired) electrons. The minimum atomic E-state index is 0.575. The minimum Gasteiger partial charge on any atom is -0.456 e. The highest BCUT2D eigenvalue weighted by Gasteiger charge is 2.21. The number of hydrogen-bond donors (Lipinski definition) is 0. The summed E-state index contributed by atoms with van der Waals surface area (Å²) >= 11 is 0. The van der Waals surface area contributed by atoms with Gasteiger partial charge in [0.05, 0.1) is 0 Å². The van der Waals surface area contributed by atoms with Crippen molar-refractivity contribution in [3.8, 4) is 56.4 Å². The highest BCUT2D eigenvalue weighted by atomic mass is 16.3. The smallest absolute Gasteiger partial charge is 0.164 e. The molecule has 5 nitrogen and oxygen atoms in total. The van der Waals surface area contributed by atoms with Gasteiger partial charge in [0, 0.05) is 43.8 Å². The van der Waals surface area contributed by atoms with Crippen LogP contribution >= 0.6 is 0 Å². The number of hydrogen-bond acceptors (Lipinski definition) is 5. The van der Waals surface area contributed by atoms with Crippen molar-refractivity contribution in [2.45, 2.75) is 12.8 Å². The van der Waals surface area contributed by atoms with Gasteiger partial charge < -0.3 is 8.83 Å². The molecule has 3 aromatic heterocycles. The molecule has 0 fully saturated rings. The molecule has 1 aliphatic rings. The SMILES string of the molecule is C1=Cc2cccc(-c3ccc(-c4nc(-c5cccc6oc7ccccc7c56)nc(-c5cccc6oc7c(-c8ccccc8)cccc7c56)n4)cc3)c2CC1. The number of rotatable bonds is 5. The first-order valence-electron chi connectivity index (χ1n) is 18.3. The third-order valence-corrected chi connectivity index (χ3v) is 10.7. The molecule has 0 aliphatic heterocycles. The summed E-state index contributed by atoms with van der Waals surface area (Å²) in [6.45, 7) is 0. The molecule has 0 unspecified atom stereocenters. The fourth-order valence-corrected chi connectivity index (χ4v) is 8.13. The molecule has 11 rings (SSSR count). The summed E-state index contributed by atoms with van der Waals surface area (Å²) in [5, 5.41) is 3.99. The van der Waals surface area contributed by atoms with Gasteiger partial charge in [0.1, 0.15) is 22.3 Å². The molecule has 0 saturated carbocycles. The van der Waals surface area contributed by atoms with E-state index in [4.69, 9.17) is 23.8 Å². The van der Waals surface area contributed by atoms with Crippen LogP contribution in [-0.2, 0) is 6.42 Å². The Hall–Kier alpha value is -7.11. The average Bonchev–Trinajstić information content (AvgIpc) is 3.83. The van der Waals surface area contributed by atoms with Gasteiger partial charge in [-0.05, 0) is 58.9 Å². The molecule has 0 atom stereocenters. The third kappa shape index (κ3) is 4.90. The van der Waals surface area contributed by atoms with E-state index in [1.165, 1.54) is 22.3 Å². The van der Waals surface area contributed by atoms with Gasteiger partial charge >= 0.3 is 0 Å². The summed E-state index contributed by atoms with van der Waals surface area (Å²) in [7, 11) is 0. The zero-order valence-corrected chi connectivity index (χ0v) is 29.2. The summed E-state index contributed by atoms with van der Waals surface area (Å²) in [5.74, 6) is 1.75. The molecule has 1 aliphatic carbocycles.